The number of carbonyl (C=O) groups is 2. The Hall–Kier alpha value is -4.01. The van der Waals surface area contributed by atoms with Crippen molar-refractivity contribution in [1.82, 2.24) is 0 Å². The summed E-state index contributed by atoms with van der Waals surface area (Å²) in [5.74, 6) is -0.138. The molecule has 0 aliphatic carbocycles. The quantitative estimate of drug-likeness (QED) is 0.336. The van der Waals surface area contributed by atoms with Crippen molar-refractivity contribution in [3.63, 3.8) is 0 Å². The zero-order chi connectivity index (χ0) is 26.5. The molecule has 3 aromatic rings. The van der Waals surface area contributed by atoms with Crippen molar-refractivity contribution in [2.24, 2.45) is 5.92 Å². The Labute approximate surface area is 207 Å². The highest BCUT2D eigenvalue weighted by Crippen LogP contribution is 2.33. The van der Waals surface area contributed by atoms with Gasteiger partial charge in [0.15, 0.2) is 0 Å². The first-order valence-corrected chi connectivity index (χ1v) is 11.3. The van der Waals surface area contributed by atoms with E-state index < -0.39 is 12.1 Å². The zero-order valence-electron chi connectivity index (χ0n) is 20.3. The summed E-state index contributed by atoms with van der Waals surface area (Å²) in [7, 11) is 0. The Morgan fingerprint density at radius 3 is 1.53 bits per heavy atom. The molecule has 36 heavy (non-hydrogen) atoms. The normalized spacial score (nSPS) is 11.4. The lowest BCUT2D eigenvalue weighted by atomic mass is 10.0. The number of halogens is 3. The van der Waals surface area contributed by atoms with Gasteiger partial charge in [-0.1, -0.05) is 27.7 Å². The van der Waals surface area contributed by atoms with Crippen LogP contribution in [0.3, 0.4) is 0 Å². The second kappa shape index (κ2) is 11.2. The second-order valence-corrected chi connectivity index (χ2v) is 8.74. The highest BCUT2D eigenvalue weighted by molar-refractivity contribution is 5.95. The van der Waals surface area contributed by atoms with Crippen LogP contribution in [0, 0.1) is 5.92 Å². The number of alkyl halides is 3. The SMILES string of the molecule is CC(C)C(=O)Nc1ccc(Oc2cc(Oc3ccc(NC(=O)C(F)(F)F)cc3)cc(C(C)C)c2)cc1. The van der Waals surface area contributed by atoms with E-state index >= 15 is 0 Å². The predicted molar refractivity (Wildman–Crippen MR) is 132 cm³/mol. The van der Waals surface area contributed by atoms with Crippen LogP contribution in [0.4, 0.5) is 24.5 Å². The molecule has 0 unspecified atom stereocenters. The summed E-state index contributed by atoms with van der Waals surface area (Å²) in [6, 6.07) is 18.0. The molecule has 0 bridgehead atoms. The minimum Gasteiger partial charge on any atom is -0.457 e. The van der Waals surface area contributed by atoms with E-state index in [4.69, 9.17) is 9.47 Å². The maximum absolute atomic E-state index is 12.4. The van der Waals surface area contributed by atoms with Crippen molar-refractivity contribution in [1.29, 1.82) is 0 Å². The molecule has 3 rings (SSSR count). The van der Waals surface area contributed by atoms with Crippen LogP contribution in [0.2, 0.25) is 0 Å². The zero-order valence-corrected chi connectivity index (χ0v) is 20.3. The molecule has 3 aromatic carbocycles. The summed E-state index contributed by atoms with van der Waals surface area (Å²) >= 11 is 0. The Morgan fingerprint density at radius 2 is 1.14 bits per heavy atom. The highest BCUT2D eigenvalue weighted by atomic mass is 19.4. The number of hydrogen-bond donors (Lipinski definition) is 2. The Morgan fingerprint density at radius 1 is 0.694 bits per heavy atom. The van der Waals surface area contributed by atoms with Gasteiger partial charge < -0.3 is 20.1 Å². The summed E-state index contributed by atoms with van der Waals surface area (Å²) in [5.41, 5.74) is 1.62. The minimum absolute atomic E-state index is 0.00217. The van der Waals surface area contributed by atoms with E-state index in [1.807, 2.05) is 39.8 Å². The van der Waals surface area contributed by atoms with Crippen molar-refractivity contribution < 1.29 is 32.2 Å². The summed E-state index contributed by atoms with van der Waals surface area (Å²) in [4.78, 5) is 23.0. The molecule has 9 heteroatoms. The Kier molecular flexibility index (Phi) is 8.24. The van der Waals surface area contributed by atoms with E-state index in [0.29, 0.717) is 28.7 Å². The maximum atomic E-state index is 12.4. The van der Waals surface area contributed by atoms with Crippen LogP contribution in [0.25, 0.3) is 0 Å². The topological polar surface area (TPSA) is 76.7 Å². The van der Waals surface area contributed by atoms with Crippen LogP contribution in [-0.2, 0) is 9.59 Å². The van der Waals surface area contributed by atoms with Gasteiger partial charge in [-0.05, 0) is 72.1 Å². The number of benzene rings is 3. The van der Waals surface area contributed by atoms with Gasteiger partial charge in [-0.15, -0.1) is 0 Å². The largest absolute Gasteiger partial charge is 0.471 e. The summed E-state index contributed by atoms with van der Waals surface area (Å²) in [5, 5.41) is 4.61. The summed E-state index contributed by atoms with van der Waals surface area (Å²) < 4.78 is 49.2. The molecule has 0 aliphatic rings. The number of anilines is 2. The number of amides is 2. The fourth-order valence-electron chi connectivity index (χ4n) is 3.02. The molecule has 0 saturated carbocycles. The first kappa shape index (κ1) is 26.6. The molecule has 0 aliphatic heterocycles. The average Bonchev–Trinajstić information content (AvgIpc) is 2.80. The van der Waals surface area contributed by atoms with Gasteiger partial charge in [-0.2, -0.15) is 13.2 Å². The van der Waals surface area contributed by atoms with Gasteiger partial charge in [0.2, 0.25) is 5.91 Å². The van der Waals surface area contributed by atoms with Crippen molar-refractivity contribution in [3.05, 3.63) is 72.3 Å². The average molecular weight is 501 g/mol. The fourth-order valence-corrected chi connectivity index (χ4v) is 3.02. The lowest BCUT2D eigenvalue weighted by Gasteiger charge is -2.15. The number of carbonyl (C=O) groups excluding carboxylic acids is 2. The molecular weight excluding hydrogens is 473 g/mol. The third-order valence-corrected chi connectivity index (χ3v) is 5.06. The van der Waals surface area contributed by atoms with Gasteiger partial charge in [0, 0.05) is 23.4 Å². The van der Waals surface area contributed by atoms with Crippen molar-refractivity contribution >= 4 is 23.2 Å². The molecule has 0 radical (unpaired) electrons. The van der Waals surface area contributed by atoms with E-state index in [-0.39, 0.29) is 23.4 Å². The smallest absolute Gasteiger partial charge is 0.457 e. The standard InChI is InChI=1S/C27H27F3N2O4/c1-16(2)18-13-23(35-21-9-5-19(6-10-21)31-25(33)17(3)4)15-24(14-18)36-22-11-7-20(8-12-22)32-26(34)27(28,29)30/h5-17H,1-4H3,(H,31,33)(H,32,34). The van der Waals surface area contributed by atoms with E-state index in [1.165, 1.54) is 24.3 Å². The van der Waals surface area contributed by atoms with Gasteiger partial charge in [0.25, 0.3) is 0 Å². The van der Waals surface area contributed by atoms with E-state index in [1.54, 1.807) is 35.6 Å². The summed E-state index contributed by atoms with van der Waals surface area (Å²) in [6.07, 6.45) is -4.97. The first-order valence-electron chi connectivity index (χ1n) is 11.3. The molecule has 2 amide bonds. The van der Waals surface area contributed by atoms with Crippen LogP contribution in [0.15, 0.2) is 66.7 Å². The van der Waals surface area contributed by atoms with E-state index in [0.717, 1.165) is 5.56 Å². The van der Waals surface area contributed by atoms with Crippen LogP contribution < -0.4 is 20.1 Å². The lowest BCUT2D eigenvalue weighted by Crippen LogP contribution is -2.29. The third-order valence-electron chi connectivity index (χ3n) is 5.06. The number of rotatable bonds is 8. The summed E-state index contributed by atoms with van der Waals surface area (Å²) in [6.45, 7) is 7.67. The third kappa shape index (κ3) is 7.49. The van der Waals surface area contributed by atoms with Crippen molar-refractivity contribution in [3.8, 4) is 23.0 Å². The predicted octanol–water partition coefficient (Wildman–Crippen LogP) is 7.49. The molecule has 2 N–H and O–H groups in total. The van der Waals surface area contributed by atoms with Crippen LogP contribution in [-0.4, -0.2) is 18.0 Å². The fraction of sp³-hybridized carbons (Fsp3) is 0.259. The maximum Gasteiger partial charge on any atom is 0.471 e. The molecule has 0 fully saturated rings. The first-order chi connectivity index (χ1) is 16.9. The number of hydrogen-bond acceptors (Lipinski definition) is 4. The molecule has 190 valence electrons. The van der Waals surface area contributed by atoms with Gasteiger partial charge in [-0.3, -0.25) is 9.59 Å². The minimum atomic E-state index is -4.97. The van der Waals surface area contributed by atoms with Crippen molar-refractivity contribution in [2.45, 2.75) is 39.8 Å². The van der Waals surface area contributed by atoms with E-state index in [2.05, 4.69) is 5.32 Å². The monoisotopic (exact) mass is 500 g/mol. The van der Waals surface area contributed by atoms with Crippen LogP contribution in [0.5, 0.6) is 23.0 Å². The number of nitrogens with one attached hydrogen (secondary N) is 2. The Bertz CT molecular complexity index is 1210. The van der Waals surface area contributed by atoms with Gasteiger partial charge >= 0.3 is 12.1 Å². The van der Waals surface area contributed by atoms with E-state index in [9.17, 15) is 22.8 Å². The highest BCUT2D eigenvalue weighted by Gasteiger charge is 2.38. The molecule has 0 spiro atoms. The van der Waals surface area contributed by atoms with Crippen LogP contribution >= 0.6 is 0 Å². The van der Waals surface area contributed by atoms with Crippen LogP contribution in [0.1, 0.15) is 39.2 Å². The second-order valence-electron chi connectivity index (χ2n) is 8.74. The molecule has 0 heterocycles. The molecule has 0 aromatic heterocycles. The number of ether oxygens (including phenoxy) is 2. The molecule has 0 atom stereocenters. The van der Waals surface area contributed by atoms with Gasteiger partial charge in [-0.25, -0.2) is 0 Å². The molecule has 6 nitrogen and oxygen atoms in total. The lowest BCUT2D eigenvalue weighted by molar-refractivity contribution is -0.167. The van der Waals surface area contributed by atoms with Gasteiger partial charge in [0.1, 0.15) is 23.0 Å². The molecular formula is C27H27F3N2O4. The van der Waals surface area contributed by atoms with Crippen molar-refractivity contribution in [2.75, 3.05) is 10.6 Å². The Balaban J connectivity index is 1.74. The molecule has 0 saturated heterocycles. The van der Waals surface area contributed by atoms with Gasteiger partial charge in [0.05, 0.1) is 0 Å².